The summed E-state index contributed by atoms with van der Waals surface area (Å²) < 4.78 is 40.8. The van der Waals surface area contributed by atoms with Crippen LogP contribution >= 0.6 is 0 Å². The smallest absolute Gasteiger partial charge is 0.299 e. The summed E-state index contributed by atoms with van der Waals surface area (Å²) in [5, 5.41) is 11.5. The number of fused-ring (bicyclic) bond motifs is 2. The standard InChI is InChI=1S/C20H17F2N5O3/c21-20(22)11-29-10-17(24)27-19(20)5-6-30-16-4-2-13(7-14(16)19)26-18(28)15-3-1-12(8-23)9-25-15/h1-4,7,9H,5-6,10-11H2,(H2,24,27)(H,26,28). The number of amidine groups is 1. The fraction of sp³-hybridized carbons (Fsp3) is 0.300. The summed E-state index contributed by atoms with van der Waals surface area (Å²) in [6, 6.07) is 9.23. The van der Waals surface area contributed by atoms with E-state index in [-0.39, 0.29) is 48.2 Å². The molecule has 0 aliphatic carbocycles. The Labute approximate surface area is 170 Å². The number of carbonyl (C=O) groups is 1. The van der Waals surface area contributed by atoms with Crippen molar-refractivity contribution < 1.29 is 23.0 Å². The van der Waals surface area contributed by atoms with Crippen LogP contribution in [0, 0.1) is 11.3 Å². The zero-order valence-corrected chi connectivity index (χ0v) is 15.7. The molecule has 4 rings (SSSR count). The highest BCUT2D eigenvalue weighted by atomic mass is 19.3. The van der Waals surface area contributed by atoms with Crippen molar-refractivity contribution in [3.63, 3.8) is 0 Å². The molecule has 0 saturated heterocycles. The third-order valence-corrected chi connectivity index (χ3v) is 5.00. The average molecular weight is 413 g/mol. The first-order valence-electron chi connectivity index (χ1n) is 9.09. The Kier molecular flexibility index (Phi) is 4.83. The van der Waals surface area contributed by atoms with Gasteiger partial charge >= 0.3 is 0 Å². The number of halogens is 2. The number of anilines is 1. The first-order valence-corrected chi connectivity index (χ1v) is 9.09. The number of pyridine rings is 1. The number of aliphatic imine (C=N–C) groups is 1. The van der Waals surface area contributed by atoms with Crippen LogP contribution < -0.4 is 15.8 Å². The van der Waals surface area contributed by atoms with E-state index in [1.54, 1.807) is 0 Å². The predicted molar refractivity (Wildman–Crippen MR) is 103 cm³/mol. The van der Waals surface area contributed by atoms with Gasteiger partial charge in [0.15, 0.2) is 5.54 Å². The maximum atomic E-state index is 15.1. The first kappa shape index (κ1) is 19.7. The molecule has 3 heterocycles. The minimum atomic E-state index is -3.33. The number of alkyl halides is 2. The largest absolute Gasteiger partial charge is 0.493 e. The van der Waals surface area contributed by atoms with Crippen LogP contribution in [0.3, 0.4) is 0 Å². The summed E-state index contributed by atoms with van der Waals surface area (Å²) in [6.07, 6.45) is 1.18. The normalized spacial score (nSPS) is 22.1. The number of nitriles is 1. The van der Waals surface area contributed by atoms with Gasteiger partial charge in [-0.2, -0.15) is 5.26 Å². The van der Waals surface area contributed by atoms with Gasteiger partial charge in [0.2, 0.25) is 0 Å². The number of rotatable bonds is 2. The molecule has 0 saturated carbocycles. The van der Waals surface area contributed by atoms with Gasteiger partial charge in [-0.3, -0.25) is 9.79 Å². The number of ether oxygens (including phenoxy) is 2. The van der Waals surface area contributed by atoms with E-state index in [0.717, 1.165) is 0 Å². The number of hydrogen-bond donors (Lipinski definition) is 2. The van der Waals surface area contributed by atoms with Gasteiger partial charge in [0.25, 0.3) is 11.8 Å². The molecule has 0 radical (unpaired) electrons. The van der Waals surface area contributed by atoms with Crippen LogP contribution in [0.2, 0.25) is 0 Å². The minimum absolute atomic E-state index is 0.0313. The SMILES string of the molecule is N#Cc1ccc(C(=O)Nc2ccc3c(c2)C2(CCO3)N=C(N)COCC2(F)F)nc1. The van der Waals surface area contributed by atoms with E-state index < -0.39 is 24.0 Å². The fourth-order valence-electron chi connectivity index (χ4n) is 3.55. The molecule has 10 heteroatoms. The lowest BCUT2D eigenvalue weighted by Crippen LogP contribution is -2.49. The third kappa shape index (κ3) is 3.33. The number of amides is 1. The first-order chi connectivity index (χ1) is 14.3. The summed E-state index contributed by atoms with van der Waals surface area (Å²) in [4.78, 5) is 20.6. The van der Waals surface area contributed by atoms with Crippen LogP contribution in [0.1, 0.15) is 28.0 Å². The quantitative estimate of drug-likeness (QED) is 0.778. The van der Waals surface area contributed by atoms with E-state index in [1.165, 1.54) is 36.5 Å². The van der Waals surface area contributed by atoms with E-state index >= 15 is 8.78 Å². The molecule has 2 aliphatic heterocycles. The van der Waals surface area contributed by atoms with Crippen molar-refractivity contribution in [3.05, 3.63) is 53.3 Å². The second kappa shape index (κ2) is 7.35. The lowest BCUT2D eigenvalue weighted by atomic mass is 9.79. The summed E-state index contributed by atoms with van der Waals surface area (Å²) >= 11 is 0. The Bertz CT molecular complexity index is 1070. The van der Waals surface area contributed by atoms with E-state index in [9.17, 15) is 4.79 Å². The monoisotopic (exact) mass is 413 g/mol. The molecule has 1 aromatic carbocycles. The van der Waals surface area contributed by atoms with Gasteiger partial charge in [-0.25, -0.2) is 13.8 Å². The number of carbonyl (C=O) groups excluding carboxylic acids is 1. The van der Waals surface area contributed by atoms with Crippen molar-refractivity contribution in [2.75, 3.05) is 25.1 Å². The molecule has 1 aromatic heterocycles. The van der Waals surface area contributed by atoms with Crippen LogP contribution in [-0.4, -0.2) is 42.5 Å². The van der Waals surface area contributed by atoms with Crippen LogP contribution in [0.15, 0.2) is 41.5 Å². The molecule has 2 aromatic rings. The number of nitrogens with two attached hydrogens (primary N) is 1. The van der Waals surface area contributed by atoms with Gasteiger partial charge in [0.1, 0.15) is 36.6 Å². The number of benzene rings is 1. The average Bonchev–Trinajstić information content (AvgIpc) is 2.84. The molecule has 3 N–H and O–H groups in total. The van der Waals surface area contributed by atoms with E-state index in [0.29, 0.717) is 5.56 Å². The number of nitrogens with zero attached hydrogens (tertiary/aromatic N) is 3. The molecule has 0 fully saturated rings. The van der Waals surface area contributed by atoms with Gasteiger partial charge in [-0.05, 0) is 30.3 Å². The molecule has 154 valence electrons. The highest BCUT2D eigenvalue weighted by Crippen LogP contribution is 2.51. The van der Waals surface area contributed by atoms with Crippen LogP contribution in [-0.2, 0) is 10.3 Å². The molecule has 1 unspecified atom stereocenters. The van der Waals surface area contributed by atoms with E-state index in [1.807, 2.05) is 6.07 Å². The lowest BCUT2D eigenvalue weighted by Gasteiger charge is -2.40. The number of aromatic nitrogens is 1. The van der Waals surface area contributed by atoms with Gasteiger partial charge in [0, 0.05) is 23.9 Å². The summed E-state index contributed by atoms with van der Waals surface area (Å²) in [5.74, 6) is -3.67. The maximum Gasteiger partial charge on any atom is 0.299 e. The second-order valence-corrected chi connectivity index (χ2v) is 6.97. The minimum Gasteiger partial charge on any atom is -0.493 e. The molecule has 30 heavy (non-hydrogen) atoms. The summed E-state index contributed by atoms with van der Waals surface area (Å²) in [7, 11) is 0. The number of nitrogens with one attached hydrogen (secondary N) is 1. The summed E-state index contributed by atoms with van der Waals surface area (Å²) in [5.41, 5.74) is 4.62. The highest BCUT2D eigenvalue weighted by Gasteiger charge is 2.58. The molecular formula is C20H17F2N5O3. The zero-order valence-electron chi connectivity index (χ0n) is 15.7. The highest BCUT2D eigenvalue weighted by molar-refractivity contribution is 6.03. The van der Waals surface area contributed by atoms with Gasteiger partial charge in [-0.15, -0.1) is 0 Å². The third-order valence-electron chi connectivity index (χ3n) is 5.00. The Morgan fingerprint density at radius 2 is 2.13 bits per heavy atom. The Balaban J connectivity index is 1.71. The van der Waals surface area contributed by atoms with E-state index in [2.05, 4.69) is 15.3 Å². The van der Waals surface area contributed by atoms with Crippen LogP contribution in [0.5, 0.6) is 5.75 Å². The molecule has 2 aliphatic rings. The summed E-state index contributed by atoms with van der Waals surface area (Å²) in [6.45, 7) is -0.975. The van der Waals surface area contributed by atoms with Crippen molar-refractivity contribution >= 4 is 17.4 Å². The topological polar surface area (TPSA) is 123 Å². The van der Waals surface area contributed by atoms with Gasteiger partial charge < -0.3 is 20.5 Å². The zero-order chi connectivity index (χ0) is 21.4. The molecule has 1 amide bonds. The molecule has 8 nitrogen and oxygen atoms in total. The molecule has 1 atom stereocenters. The van der Waals surface area contributed by atoms with Crippen LogP contribution in [0.4, 0.5) is 14.5 Å². The van der Waals surface area contributed by atoms with Crippen molar-refractivity contribution in [2.45, 2.75) is 17.9 Å². The van der Waals surface area contributed by atoms with Gasteiger partial charge in [-0.1, -0.05) is 0 Å². The van der Waals surface area contributed by atoms with Crippen molar-refractivity contribution in [2.24, 2.45) is 10.7 Å². The Morgan fingerprint density at radius 3 is 2.87 bits per heavy atom. The van der Waals surface area contributed by atoms with Crippen molar-refractivity contribution in [1.29, 1.82) is 5.26 Å². The molecule has 1 spiro atoms. The Hall–Kier alpha value is -3.58. The molecule has 0 bridgehead atoms. The maximum absolute atomic E-state index is 15.1. The number of hydrogen-bond acceptors (Lipinski definition) is 7. The molecular weight excluding hydrogens is 396 g/mol. The Morgan fingerprint density at radius 1 is 1.30 bits per heavy atom. The van der Waals surface area contributed by atoms with Crippen LogP contribution in [0.25, 0.3) is 0 Å². The van der Waals surface area contributed by atoms with E-state index in [4.69, 9.17) is 20.5 Å². The van der Waals surface area contributed by atoms with Gasteiger partial charge in [0.05, 0.1) is 12.2 Å². The lowest BCUT2D eigenvalue weighted by molar-refractivity contribution is -0.129. The predicted octanol–water partition coefficient (Wildman–Crippen LogP) is 2.21. The van der Waals surface area contributed by atoms with Crippen molar-refractivity contribution in [1.82, 2.24) is 4.98 Å². The second-order valence-electron chi connectivity index (χ2n) is 6.97. The fourth-order valence-corrected chi connectivity index (χ4v) is 3.55. The van der Waals surface area contributed by atoms with Crippen molar-refractivity contribution in [3.8, 4) is 11.8 Å².